The number of piperidine rings is 2. The third-order valence-electron chi connectivity index (χ3n) is 6.46. The van der Waals surface area contributed by atoms with E-state index in [1.54, 1.807) is 12.1 Å². The second-order valence-corrected chi connectivity index (χ2v) is 8.69. The van der Waals surface area contributed by atoms with Gasteiger partial charge in [-0.1, -0.05) is 19.3 Å². The minimum absolute atomic E-state index is 0.207. The predicted molar refractivity (Wildman–Crippen MR) is 114 cm³/mol. The van der Waals surface area contributed by atoms with Crippen LogP contribution >= 0.6 is 0 Å². The van der Waals surface area contributed by atoms with E-state index < -0.39 is 0 Å². The first-order valence-corrected chi connectivity index (χ1v) is 11.6. The second-order valence-electron chi connectivity index (χ2n) is 8.69. The van der Waals surface area contributed by atoms with E-state index >= 15 is 0 Å². The van der Waals surface area contributed by atoms with Crippen LogP contribution in [0.1, 0.15) is 64.2 Å². The van der Waals surface area contributed by atoms with Crippen molar-refractivity contribution in [1.29, 1.82) is 0 Å². The fourth-order valence-corrected chi connectivity index (χ4v) is 4.58. The number of ether oxygens (including phenoxy) is 1. The summed E-state index contributed by atoms with van der Waals surface area (Å²) in [5, 5.41) is 0. The van der Waals surface area contributed by atoms with Crippen molar-refractivity contribution in [2.75, 3.05) is 45.9 Å². The van der Waals surface area contributed by atoms with Gasteiger partial charge in [-0.3, -0.25) is 0 Å². The number of nitrogens with zero attached hydrogens (tertiary/aromatic N) is 2. The summed E-state index contributed by atoms with van der Waals surface area (Å²) in [4.78, 5) is 5.32. The summed E-state index contributed by atoms with van der Waals surface area (Å²) in [7, 11) is 0. The van der Waals surface area contributed by atoms with Gasteiger partial charge in [0, 0.05) is 0 Å². The summed E-state index contributed by atoms with van der Waals surface area (Å²) >= 11 is 0. The minimum atomic E-state index is -0.207. The van der Waals surface area contributed by atoms with Crippen LogP contribution in [0.3, 0.4) is 0 Å². The van der Waals surface area contributed by atoms with Crippen molar-refractivity contribution in [1.82, 2.24) is 9.80 Å². The molecule has 3 nitrogen and oxygen atoms in total. The summed E-state index contributed by atoms with van der Waals surface area (Å²) in [6.07, 6.45) is 13.5. The van der Waals surface area contributed by atoms with Crippen molar-refractivity contribution >= 4 is 0 Å². The minimum Gasteiger partial charge on any atom is -0.494 e. The maximum Gasteiger partial charge on any atom is 0.123 e. The molecule has 0 unspecified atom stereocenters. The van der Waals surface area contributed by atoms with E-state index in [1.165, 1.54) is 109 Å². The lowest BCUT2D eigenvalue weighted by Gasteiger charge is -2.32. The summed E-state index contributed by atoms with van der Waals surface area (Å²) in [5.74, 6) is 1.35. The molecule has 0 atom stereocenters. The molecule has 2 heterocycles. The van der Waals surface area contributed by atoms with Crippen LogP contribution in [0, 0.1) is 11.7 Å². The van der Waals surface area contributed by atoms with Gasteiger partial charge in [-0.2, -0.15) is 0 Å². The number of rotatable bonds is 11. The number of likely N-dealkylation sites (tertiary alicyclic amines) is 2. The van der Waals surface area contributed by atoms with Crippen molar-refractivity contribution in [3.05, 3.63) is 30.1 Å². The van der Waals surface area contributed by atoms with Crippen LogP contribution in [-0.2, 0) is 0 Å². The Balaban J connectivity index is 1.16. The highest BCUT2D eigenvalue weighted by Gasteiger charge is 2.18. The van der Waals surface area contributed by atoms with E-state index in [1.807, 2.05) is 0 Å². The van der Waals surface area contributed by atoms with E-state index in [0.29, 0.717) is 0 Å². The highest BCUT2D eigenvalue weighted by Crippen LogP contribution is 2.22. The molecular weight excluding hydrogens is 351 g/mol. The number of hydrogen-bond acceptors (Lipinski definition) is 3. The smallest absolute Gasteiger partial charge is 0.123 e. The van der Waals surface area contributed by atoms with Gasteiger partial charge < -0.3 is 14.5 Å². The van der Waals surface area contributed by atoms with E-state index in [2.05, 4.69) is 9.80 Å². The van der Waals surface area contributed by atoms with Crippen LogP contribution in [0.25, 0.3) is 0 Å². The molecule has 0 saturated carbocycles. The number of halogens is 1. The first-order chi connectivity index (χ1) is 13.8. The van der Waals surface area contributed by atoms with Gasteiger partial charge in [-0.15, -0.1) is 0 Å². The largest absolute Gasteiger partial charge is 0.494 e. The molecule has 3 rings (SSSR count). The highest BCUT2D eigenvalue weighted by atomic mass is 19.1. The van der Waals surface area contributed by atoms with Crippen molar-refractivity contribution in [3.63, 3.8) is 0 Å². The van der Waals surface area contributed by atoms with Gasteiger partial charge in [0.25, 0.3) is 0 Å². The number of benzene rings is 1. The fourth-order valence-electron chi connectivity index (χ4n) is 4.58. The second kappa shape index (κ2) is 12.4. The van der Waals surface area contributed by atoms with Crippen LogP contribution in [0.5, 0.6) is 5.75 Å². The normalized spacial score (nSPS) is 19.8. The molecule has 2 aliphatic heterocycles. The van der Waals surface area contributed by atoms with Gasteiger partial charge in [0.15, 0.2) is 0 Å². The quantitative estimate of drug-likeness (QED) is 0.474. The zero-order valence-corrected chi connectivity index (χ0v) is 17.6. The van der Waals surface area contributed by atoms with Gasteiger partial charge >= 0.3 is 0 Å². The molecule has 1 aromatic carbocycles. The van der Waals surface area contributed by atoms with Crippen LogP contribution in [-0.4, -0.2) is 55.7 Å². The third kappa shape index (κ3) is 8.08. The first-order valence-electron chi connectivity index (χ1n) is 11.6. The van der Waals surface area contributed by atoms with Gasteiger partial charge in [0.1, 0.15) is 11.6 Å². The Morgan fingerprint density at radius 2 is 1.39 bits per heavy atom. The predicted octanol–water partition coefficient (Wildman–Crippen LogP) is 5.35. The van der Waals surface area contributed by atoms with Crippen molar-refractivity contribution in [2.45, 2.75) is 64.2 Å². The van der Waals surface area contributed by atoms with Crippen LogP contribution in [0.4, 0.5) is 4.39 Å². The van der Waals surface area contributed by atoms with Gasteiger partial charge in [-0.25, -0.2) is 4.39 Å². The molecule has 0 aromatic heterocycles. The Morgan fingerprint density at radius 3 is 2.04 bits per heavy atom. The zero-order chi connectivity index (χ0) is 19.4. The van der Waals surface area contributed by atoms with Crippen LogP contribution < -0.4 is 4.74 Å². The Hall–Kier alpha value is -1.13. The molecular formula is C24H39FN2O. The lowest BCUT2D eigenvalue weighted by atomic mass is 9.94. The Labute approximate surface area is 171 Å². The molecule has 2 saturated heterocycles. The zero-order valence-electron chi connectivity index (χ0n) is 17.6. The Kier molecular flexibility index (Phi) is 9.58. The molecule has 2 aliphatic rings. The summed E-state index contributed by atoms with van der Waals surface area (Å²) in [6, 6.07) is 6.35. The highest BCUT2D eigenvalue weighted by molar-refractivity contribution is 5.21. The first kappa shape index (κ1) is 21.6. The monoisotopic (exact) mass is 390 g/mol. The van der Waals surface area contributed by atoms with Gasteiger partial charge in [0.2, 0.25) is 0 Å². The molecule has 0 spiro atoms. The van der Waals surface area contributed by atoms with E-state index in [9.17, 15) is 4.39 Å². The maximum atomic E-state index is 12.9. The lowest BCUT2D eigenvalue weighted by molar-refractivity contribution is 0.160. The topological polar surface area (TPSA) is 15.7 Å². The average Bonchev–Trinajstić information content (AvgIpc) is 2.74. The molecule has 0 amide bonds. The molecule has 0 bridgehead atoms. The van der Waals surface area contributed by atoms with E-state index in [4.69, 9.17) is 4.74 Å². The fraction of sp³-hybridized carbons (Fsp3) is 0.750. The Morgan fingerprint density at radius 1 is 0.786 bits per heavy atom. The van der Waals surface area contributed by atoms with Gasteiger partial charge in [0.05, 0.1) is 6.61 Å². The molecule has 4 heteroatoms. The Bertz CT molecular complexity index is 522. The van der Waals surface area contributed by atoms with Gasteiger partial charge in [-0.05, 0) is 114 Å². The molecule has 2 fully saturated rings. The van der Waals surface area contributed by atoms with Crippen molar-refractivity contribution < 1.29 is 9.13 Å². The van der Waals surface area contributed by atoms with Crippen molar-refractivity contribution in [3.8, 4) is 5.75 Å². The molecule has 1 aromatic rings. The molecule has 0 radical (unpaired) electrons. The molecule has 28 heavy (non-hydrogen) atoms. The number of hydrogen-bond donors (Lipinski definition) is 0. The lowest BCUT2D eigenvalue weighted by Crippen LogP contribution is -2.34. The van der Waals surface area contributed by atoms with Crippen LogP contribution in [0.2, 0.25) is 0 Å². The van der Waals surface area contributed by atoms with Crippen LogP contribution in [0.15, 0.2) is 24.3 Å². The van der Waals surface area contributed by atoms with Crippen molar-refractivity contribution in [2.24, 2.45) is 5.92 Å². The molecule has 0 N–H and O–H groups in total. The molecule has 0 aliphatic carbocycles. The summed E-state index contributed by atoms with van der Waals surface area (Å²) in [6.45, 7) is 8.51. The number of unbranched alkanes of at least 4 members (excludes halogenated alkanes) is 3. The third-order valence-corrected chi connectivity index (χ3v) is 6.46. The van der Waals surface area contributed by atoms with E-state index in [0.717, 1.165) is 24.7 Å². The average molecular weight is 391 g/mol. The molecule has 158 valence electrons. The maximum absolute atomic E-state index is 12.9. The SMILES string of the molecule is Fc1ccc(OCCC2CCN(CCCCCCN3CCCCC3)CC2)cc1. The summed E-state index contributed by atoms with van der Waals surface area (Å²) in [5.41, 5.74) is 0. The van der Waals surface area contributed by atoms with E-state index in [-0.39, 0.29) is 5.82 Å². The standard InChI is InChI=1S/C24H39FN2O/c25-23-8-10-24(11-9-23)28-21-14-22-12-19-27(20-13-22)18-5-2-1-4-15-26-16-6-3-7-17-26/h8-11,22H,1-7,12-21H2. The summed E-state index contributed by atoms with van der Waals surface area (Å²) < 4.78 is 18.7.